The quantitative estimate of drug-likeness (QED) is 0.570. The molecule has 0 amide bonds. The normalized spacial score (nSPS) is 39.0. The maximum atomic E-state index is 5.51. The van der Waals surface area contributed by atoms with Crippen LogP contribution in [0.2, 0.25) is 0 Å². The molecule has 1 atom stereocenters. The highest BCUT2D eigenvalue weighted by Gasteiger charge is 2.41. The Morgan fingerprint density at radius 1 is 1.45 bits per heavy atom. The third-order valence-corrected chi connectivity index (χ3v) is 3.27. The van der Waals surface area contributed by atoms with E-state index in [2.05, 4.69) is 11.8 Å². The van der Waals surface area contributed by atoms with E-state index in [0.717, 1.165) is 13.3 Å². The highest BCUT2D eigenvalue weighted by Crippen LogP contribution is 2.34. The Labute approximate surface area is 68.5 Å². The summed E-state index contributed by atoms with van der Waals surface area (Å²) in [4.78, 5) is 2.52. The Morgan fingerprint density at radius 3 is 3.09 bits per heavy atom. The minimum Gasteiger partial charge on any atom is -0.364 e. The van der Waals surface area contributed by atoms with E-state index >= 15 is 0 Å². The molecule has 11 heavy (non-hydrogen) atoms. The monoisotopic (exact) mass is 155 g/mol. The Balaban J connectivity index is 2.12. The standard InChI is InChI=1S/C9H17NO/c1-2-9-5-3-4-6-10(9)8-11-7-9/h2-8H2,1H3. The van der Waals surface area contributed by atoms with Gasteiger partial charge in [-0.25, -0.2) is 0 Å². The first-order chi connectivity index (χ1) is 5.37. The second-order valence-electron chi connectivity index (χ2n) is 3.78. The summed E-state index contributed by atoms with van der Waals surface area (Å²) in [7, 11) is 0. The fourth-order valence-corrected chi connectivity index (χ4v) is 2.37. The van der Waals surface area contributed by atoms with Crippen LogP contribution in [0.15, 0.2) is 0 Å². The van der Waals surface area contributed by atoms with Gasteiger partial charge in [-0.2, -0.15) is 0 Å². The fourth-order valence-electron chi connectivity index (χ4n) is 2.37. The van der Waals surface area contributed by atoms with Crippen LogP contribution in [-0.4, -0.2) is 30.3 Å². The number of nitrogens with zero attached hydrogens (tertiary/aromatic N) is 1. The lowest BCUT2D eigenvalue weighted by atomic mass is 9.86. The molecule has 2 saturated heterocycles. The smallest absolute Gasteiger partial charge is 0.0996 e. The molecule has 0 saturated carbocycles. The topological polar surface area (TPSA) is 12.5 Å². The van der Waals surface area contributed by atoms with Crippen molar-refractivity contribution in [3.8, 4) is 0 Å². The zero-order valence-corrected chi connectivity index (χ0v) is 7.31. The first kappa shape index (κ1) is 7.56. The van der Waals surface area contributed by atoms with E-state index in [4.69, 9.17) is 4.74 Å². The Bertz CT molecular complexity index is 148. The maximum absolute atomic E-state index is 5.51. The Hall–Kier alpha value is -0.0800. The van der Waals surface area contributed by atoms with E-state index in [1.807, 2.05) is 0 Å². The summed E-state index contributed by atoms with van der Waals surface area (Å²) < 4.78 is 5.51. The summed E-state index contributed by atoms with van der Waals surface area (Å²) in [6.07, 6.45) is 5.37. The van der Waals surface area contributed by atoms with Crippen LogP contribution in [-0.2, 0) is 4.74 Å². The summed E-state index contributed by atoms with van der Waals surface area (Å²) in [6, 6.07) is 0. The van der Waals surface area contributed by atoms with E-state index < -0.39 is 0 Å². The van der Waals surface area contributed by atoms with Crippen molar-refractivity contribution in [1.82, 2.24) is 4.90 Å². The maximum Gasteiger partial charge on any atom is 0.0996 e. The van der Waals surface area contributed by atoms with Gasteiger partial charge in [0, 0.05) is 12.1 Å². The average Bonchev–Trinajstić information content (AvgIpc) is 2.48. The molecule has 0 aromatic carbocycles. The molecule has 0 spiro atoms. The second kappa shape index (κ2) is 2.76. The molecule has 2 heteroatoms. The van der Waals surface area contributed by atoms with Crippen molar-refractivity contribution in [3.05, 3.63) is 0 Å². The number of hydrogen-bond acceptors (Lipinski definition) is 2. The van der Waals surface area contributed by atoms with Gasteiger partial charge in [-0.1, -0.05) is 13.3 Å². The van der Waals surface area contributed by atoms with Gasteiger partial charge in [0.25, 0.3) is 0 Å². The molecule has 2 fully saturated rings. The van der Waals surface area contributed by atoms with Gasteiger partial charge in [0.1, 0.15) is 0 Å². The summed E-state index contributed by atoms with van der Waals surface area (Å²) in [5.41, 5.74) is 0.443. The minimum atomic E-state index is 0.443. The average molecular weight is 155 g/mol. The van der Waals surface area contributed by atoms with E-state index in [9.17, 15) is 0 Å². The predicted molar refractivity (Wildman–Crippen MR) is 44.4 cm³/mol. The molecule has 0 aromatic rings. The van der Waals surface area contributed by atoms with Crippen molar-refractivity contribution in [1.29, 1.82) is 0 Å². The van der Waals surface area contributed by atoms with Gasteiger partial charge < -0.3 is 4.74 Å². The number of fused-ring (bicyclic) bond motifs is 1. The van der Waals surface area contributed by atoms with Gasteiger partial charge in [-0.15, -0.1) is 0 Å². The largest absolute Gasteiger partial charge is 0.364 e. The lowest BCUT2D eigenvalue weighted by Gasteiger charge is -2.39. The van der Waals surface area contributed by atoms with Crippen molar-refractivity contribution < 1.29 is 4.74 Å². The van der Waals surface area contributed by atoms with Crippen LogP contribution in [0.4, 0.5) is 0 Å². The van der Waals surface area contributed by atoms with Crippen molar-refractivity contribution >= 4 is 0 Å². The summed E-state index contributed by atoms with van der Waals surface area (Å²) in [5.74, 6) is 0. The molecule has 2 aliphatic heterocycles. The van der Waals surface area contributed by atoms with Crippen LogP contribution in [0.25, 0.3) is 0 Å². The third kappa shape index (κ3) is 1.09. The molecular formula is C9H17NO. The first-order valence-corrected chi connectivity index (χ1v) is 4.70. The summed E-state index contributed by atoms with van der Waals surface area (Å²) in [5, 5.41) is 0. The van der Waals surface area contributed by atoms with E-state index in [1.165, 1.54) is 32.2 Å². The van der Waals surface area contributed by atoms with Crippen LogP contribution in [0.5, 0.6) is 0 Å². The molecule has 2 aliphatic rings. The fraction of sp³-hybridized carbons (Fsp3) is 1.00. The van der Waals surface area contributed by atoms with Gasteiger partial charge in [-0.3, -0.25) is 4.90 Å². The summed E-state index contributed by atoms with van der Waals surface area (Å²) >= 11 is 0. The van der Waals surface area contributed by atoms with Crippen LogP contribution >= 0.6 is 0 Å². The number of rotatable bonds is 1. The number of piperidine rings is 1. The van der Waals surface area contributed by atoms with Crippen molar-refractivity contribution in [2.75, 3.05) is 19.9 Å². The molecule has 0 aliphatic carbocycles. The molecule has 0 bridgehead atoms. The zero-order valence-electron chi connectivity index (χ0n) is 7.31. The number of ether oxygens (including phenoxy) is 1. The Morgan fingerprint density at radius 2 is 2.36 bits per heavy atom. The third-order valence-electron chi connectivity index (χ3n) is 3.27. The lowest BCUT2D eigenvalue weighted by molar-refractivity contribution is 0.0874. The van der Waals surface area contributed by atoms with Crippen LogP contribution in [0, 0.1) is 0 Å². The molecule has 64 valence electrons. The van der Waals surface area contributed by atoms with Crippen molar-refractivity contribution in [2.24, 2.45) is 0 Å². The molecule has 2 rings (SSSR count). The van der Waals surface area contributed by atoms with E-state index in [1.54, 1.807) is 0 Å². The molecule has 0 aromatic heterocycles. The summed E-state index contributed by atoms with van der Waals surface area (Å²) in [6.45, 7) is 5.40. The number of hydrogen-bond donors (Lipinski definition) is 0. The van der Waals surface area contributed by atoms with E-state index in [0.29, 0.717) is 5.54 Å². The van der Waals surface area contributed by atoms with Crippen molar-refractivity contribution in [3.63, 3.8) is 0 Å². The SMILES string of the molecule is CCC12CCCCN1COC2. The van der Waals surface area contributed by atoms with Gasteiger partial charge in [0.05, 0.1) is 13.3 Å². The molecule has 0 N–H and O–H groups in total. The lowest BCUT2D eigenvalue weighted by Crippen LogP contribution is -2.48. The highest BCUT2D eigenvalue weighted by atomic mass is 16.5. The van der Waals surface area contributed by atoms with Gasteiger partial charge in [0.2, 0.25) is 0 Å². The van der Waals surface area contributed by atoms with E-state index in [-0.39, 0.29) is 0 Å². The van der Waals surface area contributed by atoms with Gasteiger partial charge in [-0.05, 0) is 19.3 Å². The van der Waals surface area contributed by atoms with Crippen LogP contribution < -0.4 is 0 Å². The molecular weight excluding hydrogens is 138 g/mol. The minimum absolute atomic E-state index is 0.443. The first-order valence-electron chi connectivity index (χ1n) is 4.70. The highest BCUT2D eigenvalue weighted by molar-refractivity contribution is 4.94. The molecule has 0 radical (unpaired) electrons. The van der Waals surface area contributed by atoms with Crippen molar-refractivity contribution in [2.45, 2.75) is 38.1 Å². The zero-order chi connectivity index (χ0) is 7.73. The van der Waals surface area contributed by atoms with Gasteiger partial charge in [0.15, 0.2) is 0 Å². The van der Waals surface area contributed by atoms with Crippen LogP contribution in [0.3, 0.4) is 0 Å². The second-order valence-corrected chi connectivity index (χ2v) is 3.78. The molecule has 2 heterocycles. The molecule has 1 unspecified atom stereocenters. The predicted octanol–water partition coefficient (Wildman–Crippen LogP) is 1.61. The van der Waals surface area contributed by atoms with Crippen LogP contribution in [0.1, 0.15) is 32.6 Å². The molecule has 2 nitrogen and oxygen atoms in total. The van der Waals surface area contributed by atoms with Gasteiger partial charge >= 0.3 is 0 Å². The Kier molecular flexibility index (Phi) is 1.90.